The van der Waals surface area contributed by atoms with E-state index in [1.807, 2.05) is 45.0 Å². The fourth-order valence-electron chi connectivity index (χ4n) is 2.09. The number of benzene rings is 1. The van der Waals surface area contributed by atoms with Gasteiger partial charge in [0.1, 0.15) is 6.54 Å². The minimum absolute atomic E-state index is 0.223. The maximum absolute atomic E-state index is 12.4. The number of hydrogen-bond donors (Lipinski definition) is 1. The molecule has 0 saturated heterocycles. The van der Waals surface area contributed by atoms with Crippen LogP contribution in [0.2, 0.25) is 0 Å². The van der Waals surface area contributed by atoms with Gasteiger partial charge in [0.05, 0.1) is 0 Å². The summed E-state index contributed by atoms with van der Waals surface area (Å²) < 4.78 is 0. The predicted octanol–water partition coefficient (Wildman–Crippen LogP) is 2.59. The molecule has 0 unspecified atom stereocenters. The molecule has 0 aliphatic rings. The third kappa shape index (κ3) is 5.85. The summed E-state index contributed by atoms with van der Waals surface area (Å²) in [4.78, 5) is 26.2. The van der Waals surface area contributed by atoms with E-state index < -0.39 is 5.97 Å². The van der Waals surface area contributed by atoms with Crippen molar-refractivity contribution in [1.29, 1.82) is 0 Å². The van der Waals surface area contributed by atoms with Crippen molar-refractivity contribution in [2.45, 2.75) is 27.3 Å². The molecule has 1 aromatic carbocycles. The molecule has 1 aromatic rings. The van der Waals surface area contributed by atoms with Crippen molar-refractivity contribution >= 4 is 12.0 Å². The molecule has 5 nitrogen and oxygen atoms in total. The van der Waals surface area contributed by atoms with E-state index in [0.717, 1.165) is 5.56 Å². The lowest BCUT2D eigenvalue weighted by Crippen LogP contribution is -2.45. The molecule has 1 N–H and O–H groups in total. The van der Waals surface area contributed by atoms with Crippen molar-refractivity contribution in [1.82, 2.24) is 9.80 Å². The topological polar surface area (TPSA) is 60.9 Å². The Hall–Kier alpha value is -2.04. The summed E-state index contributed by atoms with van der Waals surface area (Å²) in [6, 6.07) is 7.69. The van der Waals surface area contributed by atoms with Crippen LogP contribution in [0.5, 0.6) is 0 Å². The molecule has 0 aromatic heterocycles. The maximum Gasteiger partial charge on any atom is 0.323 e. The quantitative estimate of drug-likeness (QED) is 0.876. The Morgan fingerprint density at radius 2 is 1.76 bits per heavy atom. The number of urea groups is 1. The van der Waals surface area contributed by atoms with Crippen LogP contribution in [0.1, 0.15) is 25.0 Å². The standard InChI is InChI=1S/C16H24N2O3/c1-12(2)9-18(11-15(19)20)16(21)17(4)10-14-7-5-13(3)6-8-14/h5-8,12H,9-11H2,1-4H3,(H,19,20). The number of carboxylic acids is 1. The van der Waals surface area contributed by atoms with E-state index in [1.54, 1.807) is 11.9 Å². The number of nitrogens with zero attached hydrogens (tertiary/aromatic N) is 2. The molecule has 0 fully saturated rings. The maximum atomic E-state index is 12.4. The van der Waals surface area contributed by atoms with Crippen molar-refractivity contribution in [3.05, 3.63) is 35.4 Å². The third-order valence-electron chi connectivity index (χ3n) is 3.05. The van der Waals surface area contributed by atoms with E-state index in [2.05, 4.69) is 0 Å². The number of aryl methyl sites for hydroxylation is 1. The van der Waals surface area contributed by atoms with Crippen LogP contribution < -0.4 is 0 Å². The summed E-state index contributed by atoms with van der Waals surface area (Å²) in [5.74, 6) is -0.770. The third-order valence-corrected chi connectivity index (χ3v) is 3.05. The normalized spacial score (nSPS) is 10.5. The van der Waals surface area contributed by atoms with E-state index in [4.69, 9.17) is 5.11 Å². The average Bonchev–Trinajstić information content (AvgIpc) is 2.38. The minimum Gasteiger partial charge on any atom is -0.480 e. The number of carbonyl (C=O) groups excluding carboxylic acids is 1. The van der Waals surface area contributed by atoms with Gasteiger partial charge in [0, 0.05) is 20.1 Å². The molecule has 2 amide bonds. The average molecular weight is 292 g/mol. The van der Waals surface area contributed by atoms with Gasteiger partial charge in [0.15, 0.2) is 0 Å². The Balaban J connectivity index is 2.72. The van der Waals surface area contributed by atoms with Gasteiger partial charge in [-0.15, -0.1) is 0 Å². The van der Waals surface area contributed by atoms with Crippen molar-refractivity contribution < 1.29 is 14.7 Å². The lowest BCUT2D eigenvalue weighted by Gasteiger charge is -2.28. The van der Waals surface area contributed by atoms with E-state index in [-0.39, 0.29) is 18.5 Å². The van der Waals surface area contributed by atoms with Crippen molar-refractivity contribution in [3.8, 4) is 0 Å². The smallest absolute Gasteiger partial charge is 0.323 e. The molecular weight excluding hydrogens is 268 g/mol. The first kappa shape index (κ1) is 17.0. The predicted molar refractivity (Wildman–Crippen MR) is 82.1 cm³/mol. The highest BCUT2D eigenvalue weighted by molar-refractivity contribution is 5.80. The summed E-state index contributed by atoms with van der Waals surface area (Å²) in [5, 5.41) is 8.94. The lowest BCUT2D eigenvalue weighted by molar-refractivity contribution is -0.137. The van der Waals surface area contributed by atoms with Crippen molar-refractivity contribution in [2.24, 2.45) is 5.92 Å². The van der Waals surface area contributed by atoms with Gasteiger partial charge in [-0.2, -0.15) is 0 Å². The molecule has 0 saturated carbocycles. The second-order valence-electron chi connectivity index (χ2n) is 5.79. The largest absolute Gasteiger partial charge is 0.480 e. The first-order valence-electron chi connectivity index (χ1n) is 7.07. The molecule has 0 radical (unpaired) electrons. The van der Waals surface area contributed by atoms with Crippen LogP contribution in [0.15, 0.2) is 24.3 Å². The van der Waals surface area contributed by atoms with Gasteiger partial charge in [-0.05, 0) is 18.4 Å². The van der Waals surface area contributed by atoms with Crippen LogP contribution in [0.4, 0.5) is 4.79 Å². The number of amides is 2. The zero-order chi connectivity index (χ0) is 16.0. The molecular formula is C16H24N2O3. The molecule has 0 heterocycles. The van der Waals surface area contributed by atoms with Gasteiger partial charge in [-0.3, -0.25) is 4.79 Å². The van der Waals surface area contributed by atoms with Gasteiger partial charge >= 0.3 is 12.0 Å². The lowest BCUT2D eigenvalue weighted by atomic mass is 10.1. The summed E-state index contributed by atoms with van der Waals surface area (Å²) in [5.41, 5.74) is 2.19. The summed E-state index contributed by atoms with van der Waals surface area (Å²) in [6.45, 7) is 6.56. The van der Waals surface area contributed by atoms with Gasteiger partial charge in [0.25, 0.3) is 0 Å². The molecule has 21 heavy (non-hydrogen) atoms. The van der Waals surface area contributed by atoms with Crippen LogP contribution in [0.25, 0.3) is 0 Å². The van der Waals surface area contributed by atoms with E-state index >= 15 is 0 Å². The Morgan fingerprint density at radius 1 is 1.19 bits per heavy atom. The molecule has 0 aliphatic heterocycles. The highest BCUT2D eigenvalue weighted by Gasteiger charge is 2.21. The molecule has 0 bridgehead atoms. The summed E-state index contributed by atoms with van der Waals surface area (Å²) in [7, 11) is 1.69. The first-order valence-corrected chi connectivity index (χ1v) is 7.07. The number of hydrogen-bond acceptors (Lipinski definition) is 2. The molecule has 5 heteroatoms. The van der Waals surface area contributed by atoms with Crippen LogP contribution in [-0.2, 0) is 11.3 Å². The van der Waals surface area contributed by atoms with Gasteiger partial charge < -0.3 is 14.9 Å². The fraction of sp³-hybridized carbons (Fsp3) is 0.500. The van der Waals surface area contributed by atoms with Crippen LogP contribution in [-0.4, -0.2) is 47.0 Å². The molecule has 0 spiro atoms. The summed E-state index contributed by atoms with van der Waals surface area (Å²) >= 11 is 0. The van der Waals surface area contributed by atoms with E-state index in [9.17, 15) is 9.59 Å². The fourth-order valence-corrected chi connectivity index (χ4v) is 2.09. The van der Waals surface area contributed by atoms with Crippen molar-refractivity contribution in [3.63, 3.8) is 0 Å². The zero-order valence-corrected chi connectivity index (χ0v) is 13.2. The number of carbonyl (C=O) groups is 2. The second kappa shape index (κ2) is 7.67. The monoisotopic (exact) mass is 292 g/mol. The Kier molecular flexibility index (Phi) is 6.21. The van der Waals surface area contributed by atoms with Crippen LogP contribution in [0, 0.1) is 12.8 Å². The van der Waals surface area contributed by atoms with Gasteiger partial charge in [-0.1, -0.05) is 43.7 Å². The SMILES string of the molecule is Cc1ccc(CN(C)C(=O)N(CC(=O)O)CC(C)C)cc1. The van der Waals surface area contributed by atoms with Crippen molar-refractivity contribution in [2.75, 3.05) is 20.1 Å². The minimum atomic E-state index is -0.993. The summed E-state index contributed by atoms with van der Waals surface area (Å²) in [6.07, 6.45) is 0. The van der Waals surface area contributed by atoms with E-state index in [1.165, 1.54) is 10.5 Å². The van der Waals surface area contributed by atoms with E-state index in [0.29, 0.717) is 13.1 Å². The Labute approximate surface area is 126 Å². The highest BCUT2D eigenvalue weighted by Crippen LogP contribution is 2.09. The first-order chi connectivity index (χ1) is 9.79. The molecule has 116 valence electrons. The highest BCUT2D eigenvalue weighted by atomic mass is 16.4. The number of carboxylic acid groups (broad SMARTS) is 1. The number of aliphatic carboxylic acids is 1. The zero-order valence-electron chi connectivity index (χ0n) is 13.2. The molecule has 0 atom stereocenters. The van der Waals surface area contributed by atoms with Gasteiger partial charge in [-0.25, -0.2) is 4.79 Å². The van der Waals surface area contributed by atoms with Crippen LogP contribution >= 0.6 is 0 Å². The Morgan fingerprint density at radius 3 is 2.24 bits per heavy atom. The molecule has 0 aliphatic carbocycles. The van der Waals surface area contributed by atoms with Crippen LogP contribution in [0.3, 0.4) is 0 Å². The number of rotatable bonds is 6. The Bertz CT molecular complexity index is 483. The molecule has 1 rings (SSSR count). The second-order valence-corrected chi connectivity index (χ2v) is 5.79. The van der Waals surface area contributed by atoms with Gasteiger partial charge in [0.2, 0.25) is 0 Å².